The highest BCUT2D eigenvalue weighted by Crippen LogP contribution is 2.37. The van der Waals surface area contributed by atoms with Gasteiger partial charge in [-0.25, -0.2) is 0 Å². The van der Waals surface area contributed by atoms with Crippen molar-refractivity contribution in [3.63, 3.8) is 0 Å². The number of amides is 1. The van der Waals surface area contributed by atoms with E-state index in [9.17, 15) is 19.8 Å². The molecular formula is C25H45NO6Si. The molecule has 8 heteroatoms. The van der Waals surface area contributed by atoms with Crippen LogP contribution in [0.15, 0.2) is 12.2 Å². The number of unbranched alkanes of at least 4 members (excludes halogenated alkanes) is 6. The van der Waals surface area contributed by atoms with E-state index in [2.05, 4.69) is 46.1 Å². The molecular weight excluding hydrogens is 438 g/mol. The Morgan fingerprint density at radius 2 is 1.79 bits per heavy atom. The largest absolute Gasteiger partial charge is 0.415 e. The van der Waals surface area contributed by atoms with Gasteiger partial charge < -0.3 is 24.7 Å². The first-order valence-electron chi connectivity index (χ1n) is 12.6. The Hall–Kier alpha value is -1.06. The van der Waals surface area contributed by atoms with E-state index in [1.807, 2.05) is 0 Å². The summed E-state index contributed by atoms with van der Waals surface area (Å²) in [5.74, 6) is -1.71. The fourth-order valence-corrected chi connectivity index (χ4v) is 4.89. The van der Waals surface area contributed by atoms with Gasteiger partial charge in [0.15, 0.2) is 14.1 Å². The van der Waals surface area contributed by atoms with Crippen LogP contribution in [-0.4, -0.2) is 66.8 Å². The molecule has 3 N–H and O–H groups in total. The maximum Gasteiger partial charge on any atom is 0.263 e. The van der Waals surface area contributed by atoms with Crippen LogP contribution < -0.4 is 5.32 Å². The molecule has 2 fully saturated rings. The smallest absolute Gasteiger partial charge is 0.263 e. The van der Waals surface area contributed by atoms with E-state index in [0.29, 0.717) is 0 Å². The molecule has 0 radical (unpaired) electrons. The number of aliphatic hydroxyl groups excluding tert-OH is 1. The first kappa shape index (κ1) is 28.2. The molecule has 2 heterocycles. The second-order valence-corrected chi connectivity index (χ2v) is 15.9. The predicted octanol–water partition coefficient (Wildman–Crippen LogP) is 3.63. The summed E-state index contributed by atoms with van der Waals surface area (Å²) in [6.45, 7) is 12.7. The molecule has 2 rings (SSSR count). The highest BCUT2D eigenvalue weighted by atomic mass is 28.4. The van der Waals surface area contributed by atoms with Gasteiger partial charge in [-0.15, -0.1) is 0 Å². The molecule has 2 aliphatic heterocycles. The normalized spacial score (nSPS) is 30.1. The van der Waals surface area contributed by atoms with E-state index < -0.39 is 37.8 Å². The van der Waals surface area contributed by atoms with Gasteiger partial charge in [-0.05, 0) is 36.7 Å². The molecule has 2 saturated heterocycles. The maximum atomic E-state index is 12.7. The Morgan fingerprint density at radius 3 is 2.39 bits per heavy atom. The second kappa shape index (κ2) is 11.6. The van der Waals surface area contributed by atoms with Gasteiger partial charge in [-0.3, -0.25) is 9.59 Å². The van der Waals surface area contributed by atoms with E-state index in [1.54, 1.807) is 6.08 Å². The zero-order valence-electron chi connectivity index (χ0n) is 21.4. The lowest BCUT2D eigenvalue weighted by molar-refractivity contribution is -0.154. The lowest BCUT2D eigenvalue weighted by atomic mass is 9.91. The number of rotatable bonds is 14. The van der Waals surface area contributed by atoms with E-state index in [-0.39, 0.29) is 23.9 Å². The Kier molecular flexibility index (Phi) is 9.89. The second-order valence-electron chi connectivity index (χ2n) is 11.1. The Bertz CT molecular complexity index is 704. The molecule has 7 nitrogen and oxygen atoms in total. The van der Waals surface area contributed by atoms with E-state index in [0.717, 1.165) is 12.8 Å². The summed E-state index contributed by atoms with van der Waals surface area (Å²) in [5, 5.41) is 23.9. The first-order valence-corrected chi connectivity index (χ1v) is 15.5. The number of hydrogen-bond acceptors (Lipinski definition) is 6. The molecule has 0 aromatic rings. The van der Waals surface area contributed by atoms with Gasteiger partial charge in [0.25, 0.3) is 5.91 Å². The minimum absolute atomic E-state index is 0.0364. The Balaban J connectivity index is 1.79. The minimum Gasteiger partial charge on any atom is -0.415 e. The summed E-state index contributed by atoms with van der Waals surface area (Å²) in [7, 11) is -2.11. The van der Waals surface area contributed by atoms with Crippen LogP contribution in [0.3, 0.4) is 0 Å². The summed E-state index contributed by atoms with van der Waals surface area (Å²) in [4.78, 5) is 25.1. The molecule has 0 bridgehead atoms. The Labute approximate surface area is 200 Å². The van der Waals surface area contributed by atoms with E-state index in [1.165, 1.54) is 44.6 Å². The van der Waals surface area contributed by atoms with Gasteiger partial charge in [-0.1, -0.05) is 72.6 Å². The lowest BCUT2D eigenvalue weighted by Crippen LogP contribution is -2.53. The third-order valence-corrected chi connectivity index (χ3v) is 11.9. The van der Waals surface area contributed by atoms with Gasteiger partial charge in [0.2, 0.25) is 5.60 Å². The molecule has 0 saturated carbocycles. The summed E-state index contributed by atoms with van der Waals surface area (Å²) < 4.78 is 11.7. The third-order valence-electron chi connectivity index (χ3n) is 7.43. The van der Waals surface area contributed by atoms with Crippen molar-refractivity contribution in [2.24, 2.45) is 0 Å². The van der Waals surface area contributed by atoms with Gasteiger partial charge in [-0.2, -0.15) is 0 Å². The molecule has 1 amide bonds. The zero-order chi connectivity index (χ0) is 24.9. The standard InChI is InChI=1S/C25H45NO6Si/c1-7-8-9-10-11-12-13-14-19-20(32-19)15-16-21(27)25(30)22(28)18(26-23(25)29)17-31-33(5,6)24(2,3)4/h15-16,18-20,22,28,30H,7-14,17H2,1-6H3,(H,26,29)/b16-15+/t18-,19+,20+,22-,25+/m1/s1. The third kappa shape index (κ3) is 7.21. The zero-order valence-corrected chi connectivity index (χ0v) is 22.4. The van der Waals surface area contributed by atoms with Crippen molar-refractivity contribution in [3.8, 4) is 0 Å². The monoisotopic (exact) mass is 483 g/mol. The van der Waals surface area contributed by atoms with E-state index in [4.69, 9.17) is 9.16 Å². The van der Waals surface area contributed by atoms with Gasteiger partial charge in [0, 0.05) is 0 Å². The number of aliphatic hydroxyl groups is 2. The van der Waals surface area contributed by atoms with Gasteiger partial charge in [0.05, 0.1) is 18.8 Å². The van der Waals surface area contributed by atoms with Crippen LogP contribution in [0.2, 0.25) is 18.1 Å². The molecule has 0 aliphatic carbocycles. The van der Waals surface area contributed by atoms with Crippen LogP contribution in [0, 0.1) is 0 Å². The van der Waals surface area contributed by atoms with Crippen molar-refractivity contribution >= 4 is 20.0 Å². The molecule has 2 aliphatic rings. The van der Waals surface area contributed by atoms with Crippen LogP contribution in [0.25, 0.3) is 0 Å². The highest BCUT2D eigenvalue weighted by Gasteiger charge is 2.58. The average molecular weight is 484 g/mol. The van der Waals surface area contributed by atoms with Crippen LogP contribution >= 0.6 is 0 Å². The average Bonchev–Trinajstić information content (AvgIpc) is 3.45. The summed E-state index contributed by atoms with van der Waals surface area (Å²) in [6, 6.07) is -0.837. The van der Waals surface area contributed by atoms with Gasteiger partial charge in [0.1, 0.15) is 12.2 Å². The summed E-state index contributed by atoms with van der Waals surface area (Å²) in [5.41, 5.74) is -2.50. The molecule has 5 atom stereocenters. The number of ether oxygens (including phenoxy) is 1. The van der Waals surface area contributed by atoms with Crippen LogP contribution in [0.1, 0.15) is 79.1 Å². The summed E-state index contributed by atoms with van der Waals surface area (Å²) >= 11 is 0. The lowest BCUT2D eigenvalue weighted by Gasteiger charge is -2.37. The van der Waals surface area contributed by atoms with Crippen molar-refractivity contribution in [2.45, 2.75) is 127 Å². The van der Waals surface area contributed by atoms with Crippen LogP contribution in [-0.2, 0) is 18.8 Å². The maximum absolute atomic E-state index is 12.7. The fraction of sp³-hybridized carbons (Fsp3) is 0.840. The molecule has 190 valence electrons. The van der Waals surface area contributed by atoms with Crippen molar-refractivity contribution in [1.82, 2.24) is 5.32 Å². The predicted molar refractivity (Wildman–Crippen MR) is 131 cm³/mol. The number of carbonyl (C=O) groups excluding carboxylic acids is 2. The quantitative estimate of drug-likeness (QED) is 0.114. The molecule has 0 aromatic heterocycles. The summed E-state index contributed by atoms with van der Waals surface area (Å²) in [6.07, 6.45) is 10.7. The van der Waals surface area contributed by atoms with Crippen molar-refractivity contribution < 1.29 is 29.0 Å². The topological polar surface area (TPSA) is 108 Å². The van der Waals surface area contributed by atoms with Crippen molar-refractivity contribution in [3.05, 3.63) is 12.2 Å². The van der Waals surface area contributed by atoms with Crippen LogP contribution in [0.5, 0.6) is 0 Å². The first-order chi connectivity index (χ1) is 15.3. The minimum atomic E-state index is -2.50. The number of hydrogen-bond donors (Lipinski definition) is 3. The number of nitrogens with one attached hydrogen (secondary N) is 1. The number of ketones is 1. The SMILES string of the molecule is CCCCCCCCC[C@@H]1O[C@H]1/C=C/C(=O)[C@@]1(O)C(=O)N[C@H](CO[Si](C)(C)C(C)(C)C)[C@H]1O. The van der Waals surface area contributed by atoms with Gasteiger partial charge >= 0.3 is 0 Å². The number of carbonyl (C=O) groups is 2. The van der Waals surface area contributed by atoms with E-state index >= 15 is 0 Å². The molecule has 33 heavy (non-hydrogen) atoms. The fourth-order valence-electron chi connectivity index (χ4n) is 3.86. The van der Waals surface area contributed by atoms with Crippen LogP contribution in [0.4, 0.5) is 0 Å². The van der Waals surface area contributed by atoms with Crippen molar-refractivity contribution in [2.75, 3.05) is 6.61 Å². The highest BCUT2D eigenvalue weighted by molar-refractivity contribution is 6.74. The molecule has 0 aromatic carbocycles. The molecule has 0 unspecified atom stereocenters. The van der Waals surface area contributed by atoms with Crippen molar-refractivity contribution in [1.29, 1.82) is 0 Å². The molecule has 0 spiro atoms. The Morgan fingerprint density at radius 1 is 1.18 bits per heavy atom. The number of epoxide rings is 1.